The van der Waals surface area contributed by atoms with Crippen LogP contribution in [0.3, 0.4) is 0 Å². The molecule has 1 aliphatic heterocycles. The molecule has 0 atom stereocenters. The van der Waals surface area contributed by atoms with Gasteiger partial charge in [0.15, 0.2) is 0 Å². The van der Waals surface area contributed by atoms with Crippen LogP contribution in [-0.4, -0.2) is 15.7 Å². The van der Waals surface area contributed by atoms with Crippen molar-refractivity contribution in [2.75, 3.05) is 11.5 Å². The highest BCUT2D eigenvalue weighted by Crippen LogP contribution is 2.29. The Kier molecular flexibility index (Phi) is 1.54. The van der Waals surface area contributed by atoms with Gasteiger partial charge in [0.1, 0.15) is 12.1 Å². The molecule has 2 N–H and O–H groups in total. The second kappa shape index (κ2) is 2.54. The van der Waals surface area contributed by atoms with E-state index in [4.69, 9.17) is 5.73 Å². The largest absolute Gasteiger partial charge is 0.383 e. The van der Waals surface area contributed by atoms with Gasteiger partial charge in [-0.3, -0.25) is 0 Å². The molecule has 0 saturated heterocycles. The molecular formula is C7H7N3S. The summed E-state index contributed by atoms with van der Waals surface area (Å²) in [5.41, 5.74) is 6.57. The van der Waals surface area contributed by atoms with Crippen molar-refractivity contribution in [3.8, 4) is 0 Å². The average Bonchev–Trinajstić information content (AvgIpc) is 2.06. The molecule has 2 rings (SSSR count). The standard InChI is InChI=1S/C7H7N3S/c8-7-6-5(9-4-10-7)2-1-3-11-6/h1-2,4H,3H2,(H2,8,9,10). The van der Waals surface area contributed by atoms with Crippen molar-refractivity contribution in [3.63, 3.8) is 0 Å². The molecule has 1 aromatic heterocycles. The lowest BCUT2D eigenvalue weighted by Crippen LogP contribution is -1.99. The molecule has 0 spiro atoms. The number of nitrogens with zero attached hydrogens (tertiary/aromatic N) is 2. The highest BCUT2D eigenvalue weighted by molar-refractivity contribution is 7.99. The highest BCUT2D eigenvalue weighted by Gasteiger charge is 2.09. The lowest BCUT2D eigenvalue weighted by atomic mass is 10.3. The van der Waals surface area contributed by atoms with Crippen LogP contribution in [0.5, 0.6) is 0 Å². The van der Waals surface area contributed by atoms with Crippen molar-refractivity contribution in [2.45, 2.75) is 4.90 Å². The summed E-state index contributed by atoms with van der Waals surface area (Å²) >= 11 is 1.68. The van der Waals surface area contributed by atoms with Crippen LogP contribution in [0.15, 0.2) is 17.3 Å². The van der Waals surface area contributed by atoms with E-state index in [1.807, 2.05) is 6.08 Å². The van der Waals surface area contributed by atoms with E-state index in [1.165, 1.54) is 6.33 Å². The monoisotopic (exact) mass is 165 g/mol. The van der Waals surface area contributed by atoms with E-state index in [0.29, 0.717) is 5.82 Å². The minimum atomic E-state index is 0.587. The molecule has 56 valence electrons. The summed E-state index contributed by atoms with van der Waals surface area (Å²) in [4.78, 5) is 9.00. The fourth-order valence-electron chi connectivity index (χ4n) is 0.960. The third kappa shape index (κ3) is 1.09. The fourth-order valence-corrected chi connectivity index (χ4v) is 1.79. The number of hydrogen-bond acceptors (Lipinski definition) is 4. The maximum atomic E-state index is 5.64. The Morgan fingerprint density at radius 1 is 1.45 bits per heavy atom. The minimum absolute atomic E-state index is 0.587. The topological polar surface area (TPSA) is 51.8 Å². The first-order valence-corrected chi connectivity index (χ1v) is 4.26. The van der Waals surface area contributed by atoms with E-state index in [2.05, 4.69) is 16.0 Å². The van der Waals surface area contributed by atoms with Gasteiger partial charge in [0.05, 0.1) is 10.6 Å². The van der Waals surface area contributed by atoms with Crippen LogP contribution in [-0.2, 0) is 0 Å². The van der Waals surface area contributed by atoms with Gasteiger partial charge in [-0.1, -0.05) is 6.08 Å². The summed E-state index contributed by atoms with van der Waals surface area (Å²) in [6, 6.07) is 0. The van der Waals surface area contributed by atoms with Gasteiger partial charge >= 0.3 is 0 Å². The Hall–Kier alpha value is -1.03. The number of anilines is 1. The number of aromatic nitrogens is 2. The van der Waals surface area contributed by atoms with Gasteiger partial charge in [-0.05, 0) is 6.08 Å². The van der Waals surface area contributed by atoms with E-state index < -0.39 is 0 Å². The van der Waals surface area contributed by atoms with Crippen LogP contribution in [0.25, 0.3) is 6.08 Å². The molecule has 0 unspecified atom stereocenters. The molecule has 4 heteroatoms. The second-order valence-corrected chi connectivity index (χ2v) is 3.22. The van der Waals surface area contributed by atoms with Gasteiger partial charge in [0.2, 0.25) is 0 Å². The number of nitrogen functional groups attached to an aromatic ring is 1. The Morgan fingerprint density at radius 3 is 3.18 bits per heavy atom. The van der Waals surface area contributed by atoms with Gasteiger partial charge in [-0.15, -0.1) is 11.8 Å². The van der Waals surface area contributed by atoms with E-state index in [-0.39, 0.29) is 0 Å². The number of nitrogens with two attached hydrogens (primary N) is 1. The predicted octanol–water partition coefficient (Wildman–Crippen LogP) is 1.18. The number of hydrogen-bond donors (Lipinski definition) is 1. The van der Waals surface area contributed by atoms with Crippen molar-refractivity contribution in [2.24, 2.45) is 0 Å². The molecular weight excluding hydrogens is 158 g/mol. The molecule has 0 radical (unpaired) electrons. The van der Waals surface area contributed by atoms with Crippen molar-refractivity contribution in [3.05, 3.63) is 18.1 Å². The zero-order chi connectivity index (χ0) is 7.68. The summed E-state index contributed by atoms with van der Waals surface area (Å²) in [7, 11) is 0. The molecule has 3 nitrogen and oxygen atoms in total. The van der Waals surface area contributed by atoms with Crippen molar-refractivity contribution in [1.29, 1.82) is 0 Å². The number of rotatable bonds is 0. The molecule has 1 aliphatic rings. The van der Waals surface area contributed by atoms with E-state index in [0.717, 1.165) is 16.3 Å². The summed E-state index contributed by atoms with van der Waals surface area (Å²) in [5.74, 6) is 1.55. The molecule has 0 aromatic carbocycles. The first-order chi connectivity index (χ1) is 5.38. The van der Waals surface area contributed by atoms with Crippen LogP contribution < -0.4 is 5.73 Å². The zero-order valence-corrected chi connectivity index (χ0v) is 6.64. The SMILES string of the molecule is Nc1ncnc2c1SCC=C2. The molecule has 0 bridgehead atoms. The summed E-state index contributed by atoms with van der Waals surface area (Å²) in [6.45, 7) is 0. The molecule has 0 saturated carbocycles. The first kappa shape index (κ1) is 6.67. The Morgan fingerprint density at radius 2 is 2.36 bits per heavy atom. The van der Waals surface area contributed by atoms with E-state index in [1.54, 1.807) is 11.8 Å². The highest BCUT2D eigenvalue weighted by atomic mass is 32.2. The summed E-state index contributed by atoms with van der Waals surface area (Å²) < 4.78 is 0. The second-order valence-electron chi connectivity index (χ2n) is 2.19. The maximum absolute atomic E-state index is 5.64. The van der Waals surface area contributed by atoms with E-state index >= 15 is 0 Å². The summed E-state index contributed by atoms with van der Waals surface area (Å²) in [6.07, 6.45) is 5.54. The molecule has 2 heterocycles. The summed E-state index contributed by atoms with van der Waals surface area (Å²) in [5, 5.41) is 0. The van der Waals surface area contributed by atoms with Gasteiger partial charge in [0.25, 0.3) is 0 Å². The smallest absolute Gasteiger partial charge is 0.141 e. The minimum Gasteiger partial charge on any atom is -0.383 e. The van der Waals surface area contributed by atoms with Crippen LogP contribution in [0, 0.1) is 0 Å². The zero-order valence-electron chi connectivity index (χ0n) is 5.82. The Bertz CT molecular complexity index is 309. The molecule has 0 amide bonds. The third-order valence-corrected chi connectivity index (χ3v) is 2.52. The normalized spacial score (nSPS) is 14.5. The van der Waals surface area contributed by atoms with Crippen LogP contribution in [0.1, 0.15) is 5.69 Å². The molecule has 0 fully saturated rings. The quantitative estimate of drug-likeness (QED) is 0.627. The number of fused-ring (bicyclic) bond motifs is 1. The molecule has 11 heavy (non-hydrogen) atoms. The van der Waals surface area contributed by atoms with Gasteiger partial charge < -0.3 is 5.73 Å². The predicted molar refractivity (Wildman–Crippen MR) is 46.2 cm³/mol. The van der Waals surface area contributed by atoms with Gasteiger partial charge in [-0.2, -0.15) is 0 Å². The lowest BCUT2D eigenvalue weighted by molar-refractivity contribution is 1.09. The maximum Gasteiger partial charge on any atom is 0.141 e. The van der Waals surface area contributed by atoms with Crippen LogP contribution in [0.4, 0.5) is 5.82 Å². The third-order valence-electron chi connectivity index (χ3n) is 1.46. The van der Waals surface area contributed by atoms with Gasteiger partial charge in [-0.25, -0.2) is 9.97 Å². The van der Waals surface area contributed by atoms with E-state index in [9.17, 15) is 0 Å². The molecule has 1 aromatic rings. The lowest BCUT2D eigenvalue weighted by Gasteiger charge is -2.08. The van der Waals surface area contributed by atoms with Crippen molar-refractivity contribution < 1.29 is 0 Å². The number of thioether (sulfide) groups is 1. The van der Waals surface area contributed by atoms with Crippen LogP contribution >= 0.6 is 11.8 Å². The molecule has 0 aliphatic carbocycles. The Balaban J connectivity index is 2.60. The Labute approximate surface area is 68.7 Å². The van der Waals surface area contributed by atoms with Gasteiger partial charge in [0, 0.05) is 5.75 Å². The average molecular weight is 165 g/mol. The van der Waals surface area contributed by atoms with Crippen molar-refractivity contribution >= 4 is 23.7 Å². The van der Waals surface area contributed by atoms with Crippen molar-refractivity contribution in [1.82, 2.24) is 9.97 Å². The van der Waals surface area contributed by atoms with Crippen LogP contribution in [0.2, 0.25) is 0 Å². The fraction of sp³-hybridized carbons (Fsp3) is 0.143. The first-order valence-electron chi connectivity index (χ1n) is 3.28.